The summed E-state index contributed by atoms with van der Waals surface area (Å²) in [7, 11) is 0. The summed E-state index contributed by atoms with van der Waals surface area (Å²) in [5.74, 6) is 0.00567. The van der Waals surface area contributed by atoms with Crippen molar-refractivity contribution in [3.8, 4) is 0 Å². The summed E-state index contributed by atoms with van der Waals surface area (Å²) in [4.78, 5) is 21.3. The normalized spacial score (nSPS) is 12.3. The minimum atomic E-state index is -0.0973. The topological polar surface area (TPSA) is 46.2 Å². The van der Waals surface area contributed by atoms with Gasteiger partial charge in [0.25, 0.3) is 0 Å². The first-order valence-electron chi connectivity index (χ1n) is 3.41. The van der Waals surface area contributed by atoms with Gasteiger partial charge in [0.2, 0.25) is 5.91 Å². The molecule has 0 aromatic carbocycles. The molecule has 0 bridgehead atoms. The second-order valence-electron chi connectivity index (χ2n) is 2.48. The van der Waals surface area contributed by atoms with E-state index < -0.39 is 0 Å². The number of rotatable bonds is 4. The van der Waals surface area contributed by atoms with Crippen LogP contribution < -0.4 is 5.32 Å². The van der Waals surface area contributed by atoms with Gasteiger partial charge in [0.1, 0.15) is 5.78 Å². The van der Waals surface area contributed by atoms with Crippen molar-refractivity contribution in [1.29, 1.82) is 0 Å². The fourth-order valence-corrected chi connectivity index (χ4v) is 1.02. The van der Waals surface area contributed by atoms with Gasteiger partial charge >= 0.3 is 0 Å². The lowest BCUT2D eigenvalue weighted by Crippen LogP contribution is -2.32. The zero-order valence-electron chi connectivity index (χ0n) is 6.69. The van der Waals surface area contributed by atoms with E-state index in [0.717, 1.165) is 0 Å². The molecule has 0 radical (unpaired) electrons. The van der Waals surface area contributed by atoms with Crippen molar-refractivity contribution in [3.63, 3.8) is 0 Å². The van der Waals surface area contributed by atoms with Crippen LogP contribution in [-0.2, 0) is 9.59 Å². The van der Waals surface area contributed by atoms with Crippen LogP contribution in [0.25, 0.3) is 0 Å². The highest BCUT2D eigenvalue weighted by atomic mass is 79.9. The molecule has 0 saturated heterocycles. The van der Waals surface area contributed by atoms with Crippen molar-refractivity contribution >= 4 is 27.6 Å². The first-order chi connectivity index (χ1) is 5.06. The van der Waals surface area contributed by atoms with Crippen LogP contribution in [0.2, 0.25) is 0 Å². The van der Waals surface area contributed by atoms with Gasteiger partial charge in [-0.05, 0) is 6.92 Å². The summed E-state index contributed by atoms with van der Waals surface area (Å²) < 4.78 is 0. The molecule has 0 rings (SSSR count). The number of hydrogen-bond acceptors (Lipinski definition) is 2. The van der Waals surface area contributed by atoms with Gasteiger partial charge in [-0.3, -0.25) is 9.59 Å². The van der Waals surface area contributed by atoms with E-state index in [1.165, 1.54) is 6.92 Å². The standard InChI is InChI=1S/C7H12BrNO2/c1-5(9-6(2)10)3-7(11)4-8/h5H,3-4H2,1-2H3,(H,9,10). The van der Waals surface area contributed by atoms with Crippen molar-refractivity contribution < 1.29 is 9.59 Å². The third kappa shape index (κ3) is 6.04. The first kappa shape index (κ1) is 10.6. The summed E-state index contributed by atoms with van der Waals surface area (Å²) in [6, 6.07) is -0.0578. The third-order valence-corrected chi connectivity index (χ3v) is 1.76. The maximum absolute atomic E-state index is 10.8. The lowest BCUT2D eigenvalue weighted by molar-refractivity contribution is -0.120. The Hall–Kier alpha value is -0.380. The summed E-state index contributed by atoms with van der Waals surface area (Å²) in [6.45, 7) is 3.25. The van der Waals surface area contributed by atoms with E-state index in [-0.39, 0.29) is 17.7 Å². The number of alkyl halides is 1. The van der Waals surface area contributed by atoms with Crippen LogP contribution in [0.15, 0.2) is 0 Å². The molecule has 1 amide bonds. The van der Waals surface area contributed by atoms with E-state index in [2.05, 4.69) is 21.2 Å². The first-order valence-corrected chi connectivity index (χ1v) is 4.53. The van der Waals surface area contributed by atoms with Crippen molar-refractivity contribution in [2.24, 2.45) is 0 Å². The number of nitrogens with one attached hydrogen (secondary N) is 1. The number of carbonyl (C=O) groups excluding carboxylic acids is 2. The Morgan fingerprint density at radius 2 is 2.09 bits per heavy atom. The van der Waals surface area contributed by atoms with E-state index in [0.29, 0.717) is 11.8 Å². The third-order valence-electron chi connectivity index (χ3n) is 1.13. The minimum Gasteiger partial charge on any atom is -0.353 e. The Balaban J connectivity index is 3.60. The Bertz CT molecular complexity index is 159. The number of Topliss-reactive ketones (excluding diaryl/α,β-unsaturated/α-hetero) is 1. The van der Waals surface area contributed by atoms with Gasteiger partial charge in [-0.1, -0.05) is 15.9 Å². The van der Waals surface area contributed by atoms with Crippen LogP contribution in [0.1, 0.15) is 20.3 Å². The quantitative estimate of drug-likeness (QED) is 0.717. The Kier molecular flexibility index (Phi) is 5.11. The van der Waals surface area contributed by atoms with E-state index >= 15 is 0 Å². The fraction of sp³-hybridized carbons (Fsp3) is 0.714. The second-order valence-corrected chi connectivity index (χ2v) is 3.04. The van der Waals surface area contributed by atoms with E-state index in [9.17, 15) is 9.59 Å². The van der Waals surface area contributed by atoms with Gasteiger partial charge in [-0.25, -0.2) is 0 Å². The molecule has 0 aliphatic carbocycles. The maximum atomic E-state index is 10.8. The Morgan fingerprint density at radius 3 is 2.45 bits per heavy atom. The molecule has 0 heterocycles. The molecule has 11 heavy (non-hydrogen) atoms. The van der Waals surface area contributed by atoms with Crippen molar-refractivity contribution in [2.75, 3.05) is 5.33 Å². The number of amides is 1. The van der Waals surface area contributed by atoms with E-state index in [4.69, 9.17) is 0 Å². The van der Waals surface area contributed by atoms with Gasteiger partial charge in [0.05, 0.1) is 5.33 Å². The average molecular weight is 222 g/mol. The van der Waals surface area contributed by atoms with Gasteiger partial charge in [0.15, 0.2) is 0 Å². The molecule has 3 nitrogen and oxygen atoms in total. The highest BCUT2D eigenvalue weighted by molar-refractivity contribution is 9.09. The Morgan fingerprint density at radius 1 is 1.55 bits per heavy atom. The molecule has 1 unspecified atom stereocenters. The zero-order chi connectivity index (χ0) is 8.85. The van der Waals surface area contributed by atoms with Crippen molar-refractivity contribution in [2.45, 2.75) is 26.3 Å². The second kappa shape index (κ2) is 5.29. The molecule has 0 aliphatic heterocycles. The van der Waals surface area contributed by atoms with Crippen LogP contribution in [0, 0.1) is 0 Å². The molecule has 1 N–H and O–H groups in total. The van der Waals surface area contributed by atoms with Crippen LogP contribution in [0.4, 0.5) is 0 Å². The monoisotopic (exact) mass is 221 g/mol. The largest absolute Gasteiger partial charge is 0.353 e. The maximum Gasteiger partial charge on any atom is 0.217 e. The summed E-state index contributed by atoms with van der Waals surface area (Å²) in [5.41, 5.74) is 0. The van der Waals surface area contributed by atoms with Crippen LogP contribution >= 0.6 is 15.9 Å². The molecule has 64 valence electrons. The van der Waals surface area contributed by atoms with Crippen LogP contribution in [0.3, 0.4) is 0 Å². The summed E-state index contributed by atoms with van der Waals surface area (Å²) in [5, 5.41) is 2.99. The molecule has 0 spiro atoms. The molecule has 0 saturated carbocycles. The predicted octanol–water partition coefficient (Wildman–Crippen LogP) is 0.865. The number of carbonyl (C=O) groups is 2. The minimum absolute atomic E-state index is 0.0578. The fourth-order valence-electron chi connectivity index (χ4n) is 0.794. The van der Waals surface area contributed by atoms with Crippen molar-refractivity contribution in [1.82, 2.24) is 5.32 Å². The highest BCUT2D eigenvalue weighted by Gasteiger charge is 2.07. The average Bonchev–Trinajstić information content (AvgIpc) is 1.85. The molecule has 0 fully saturated rings. The molecule has 0 aromatic heterocycles. The smallest absolute Gasteiger partial charge is 0.217 e. The summed E-state index contributed by atoms with van der Waals surface area (Å²) >= 11 is 3.05. The molecule has 0 aromatic rings. The molecular formula is C7H12BrNO2. The number of ketones is 1. The lowest BCUT2D eigenvalue weighted by Gasteiger charge is -2.09. The van der Waals surface area contributed by atoms with E-state index in [1.54, 1.807) is 0 Å². The number of halogens is 1. The molecule has 1 atom stereocenters. The van der Waals surface area contributed by atoms with Crippen LogP contribution in [0.5, 0.6) is 0 Å². The SMILES string of the molecule is CC(=O)NC(C)CC(=O)CBr. The van der Waals surface area contributed by atoms with Gasteiger partial charge in [0, 0.05) is 19.4 Å². The predicted molar refractivity (Wildman–Crippen MR) is 46.7 cm³/mol. The van der Waals surface area contributed by atoms with E-state index in [1.807, 2.05) is 6.92 Å². The molecule has 0 aliphatic rings. The number of hydrogen-bond donors (Lipinski definition) is 1. The lowest BCUT2D eigenvalue weighted by atomic mass is 10.2. The zero-order valence-corrected chi connectivity index (χ0v) is 8.27. The summed E-state index contributed by atoms with van der Waals surface area (Å²) in [6.07, 6.45) is 0.394. The van der Waals surface area contributed by atoms with Gasteiger partial charge in [-0.2, -0.15) is 0 Å². The van der Waals surface area contributed by atoms with Gasteiger partial charge < -0.3 is 5.32 Å². The molecular weight excluding hydrogens is 210 g/mol. The Labute approximate surface area is 74.7 Å². The van der Waals surface area contributed by atoms with Crippen molar-refractivity contribution in [3.05, 3.63) is 0 Å². The van der Waals surface area contributed by atoms with Crippen LogP contribution in [-0.4, -0.2) is 23.1 Å². The van der Waals surface area contributed by atoms with Gasteiger partial charge in [-0.15, -0.1) is 0 Å². The highest BCUT2D eigenvalue weighted by Crippen LogP contribution is 1.94. The molecule has 4 heteroatoms.